The first-order valence-electron chi connectivity index (χ1n) is 11.9. The van der Waals surface area contributed by atoms with E-state index in [2.05, 4.69) is 38.2 Å². The molecule has 0 fully saturated rings. The molecule has 2 N–H and O–H groups in total. The molecule has 0 saturated carbocycles. The number of rotatable bonds is 9. The van der Waals surface area contributed by atoms with E-state index in [0.29, 0.717) is 11.7 Å². The lowest BCUT2D eigenvalue weighted by Gasteiger charge is -2.13. The molecule has 0 aliphatic carbocycles. The molecule has 184 valence electrons. The smallest absolute Gasteiger partial charge is 0.253 e. The fraction of sp³-hybridized carbons (Fsp3) is 0.103. The summed E-state index contributed by atoms with van der Waals surface area (Å²) in [7, 11) is 0. The van der Waals surface area contributed by atoms with Crippen LogP contribution in [0.2, 0.25) is 0 Å². The Morgan fingerprint density at radius 2 is 1.62 bits per heavy atom. The summed E-state index contributed by atoms with van der Waals surface area (Å²) in [6.07, 6.45) is 1.65. The van der Waals surface area contributed by atoms with Crippen molar-refractivity contribution in [1.82, 2.24) is 20.2 Å². The molecule has 1 atom stereocenters. The molecule has 1 amide bonds. The predicted octanol–water partition coefficient (Wildman–Crippen LogP) is 5.66. The highest BCUT2D eigenvalue weighted by Gasteiger charge is 2.21. The Hall–Kier alpha value is -4.43. The first-order valence-corrected chi connectivity index (χ1v) is 12.8. The molecule has 4 aromatic carbocycles. The van der Waals surface area contributed by atoms with Gasteiger partial charge in [0, 0.05) is 11.4 Å². The third-order valence-corrected chi connectivity index (χ3v) is 6.80. The summed E-state index contributed by atoms with van der Waals surface area (Å²) < 4.78 is 1.97. The van der Waals surface area contributed by atoms with Gasteiger partial charge >= 0.3 is 0 Å². The van der Waals surface area contributed by atoms with Crippen molar-refractivity contribution < 1.29 is 4.79 Å². The number of hydrogen-bond acceptors (Lipinski definition) is 6. The fourth-order valence-electron chi connectivity index (χ4n) is 3.83. The Bertz CT molecular complexity index is 1520. The van der Waals surface area contributed by atoms with Gasteiger partial charge in [0.25, 0.3) is 5.91 Å². The van der Waals surface area contributed by atoms with Crippen LogP contribution < -0.4 is 10.7 Å². The van der Waals surface area contributed by atoms with E-state index in [9.17, 15) is 4.79 Å². The van der Waals surface area contributed by atoms with Crippen LogP contribution >= 0.6 is 11.8 Å². The second kappa shape index (κ2) is 11.5. The minimum Gasteiger partial charge on any atom is -0.378 e. The van der Waals surface area contributed by atoms with Crippen molar-refractivity contribution in [2.24, 2.45) is 5.10 Å². The van der Waals surface area contributed by atoms with Crippen molar-refractivity contribution >= 4 is 40.3 Å². The standard InChI is InChI=1S/C29H26N6OS/c1-21(28(36)33-31-19-22-16-17-23-10-8-9-11-24(23)18-22)37-29-34-32-27(20-30-25-12-4-2-5-13-25)35(29)26-14-6-3-7-15-26/h2-19,21,30H,20H2,1H3,(H,33,36)/b31-19-/t21-/m1/s1. The van der Waals surface area contributed by atoms with Crippen LogP contribution in [0.5, 0.6) is 0 Å². The van der Waals surface area contributed by atoms with Crippen LogP contribution in [0.15, 0.2) is 113 Å². The van der Waals surface area contributed by atoms with Crippen LogP contribution in [0.25, 0.3) is 16.5 Å². The van der Waals surface area contributed by atoms with Crippen molar-refractivity contribution in [3.05, 3.63) is 115 Å². The van der Waals surface area contributed by atoms with Crippen LogP contribution in [0.3, 0.4) is 0 Å². The highest BCUT2D eigenvalue weighted by molar-refractivity contribution is 8.00. The van der Waals surface area contributed by atoms with Gasteiger partial charge in [-0.05, 0) is 53.6 Å². The molecule has 0 bridgehead atoms. The Balaban J connectivity index is 1.27. The normalized spacial score (nSPS) is 12.0. The van der Waals surface area contributed by atoms with Gasteiger partial charge in [0.2, 0.25) is 0 Å². The molecule has 0 aliphatic rings. The fourth-order valence-corrected chi connectivity index (χ4v) is 4.71. The van der Waals surface area contributed by atoms with Gasteiger partial charge in [0.1, 0.15) is 0 Å². The molecule has 0 spiro atoms. The number of carbonyl (C=O) groups excluding carboxylic acids is 1. The lowest BCUT2D eigenvalue weighted by Crippen LogP contribution is -2.27. The van der Waals surface area contributed by atoms with E-state index in [1.54, 1.807) is 6.21 Å². The maximum absolute atomic E-state index is 12.8. The van der Waals surface area contributed by atoms with E-state index in [1.165, 1.54) is 11.8 Å². The predicted molar refractivity (Wildman–Crippen MR) is 150 cm³/mol. The zero-order valence-electron chi connectivity index (χ0n) is 20.3. The number of benzene rings is 4. The molecule has 5 aromatic rings. The Kier molecular flexibility index (Phi) is 7.57. The van der Waals surface area contributed by atoms with Gasteiger partial charge in [-0.15, -0.1) is 10.2 Å². The number of aromatic nitrogens is 3. The average molecular weight is 507 g/mol. The number of para-hydroxylation sites is 2. The Morgan fingerprint density at radius 3 is 2.41 bits per heavy atom. The SMILES string of the molecule is C[C@@H](Sc1nnc(CNc2ccccc2)n1-c1ccccc1)C(=O)N/N=C\c1ccc2ccccc2c1. The first-order chi connectivity index (χ1) is 18.2. The second-order valence-electron chi connectivity index (χ2n) is 8.39. The van der Waals surface area contributed by atoms with Crippen LogP contribution in [0.4, 0.5) is 5.69 Å². The van der Waals surface area contributed by atoms with E-state index >= 15 is 0 Å². The molecular weight excluding hydrogens is 480 g/mol. The van der Waals surface area contributed by atoms with Gasteiger partial charge in [-0.2, -0.15) is 5.10 Å². The van der Waals surface area contributed by atoms with Gasteiger partial charge < -0.3 is 5.32 Å². The summed E-state index contributed by atoms with van der Waals surface area (Å²) >= 11 is 1.34. The number of fused-ring (bicyclic) bond motifs is 1. The van der Waals surface area contributed by atoms with Crippen molar-refractivity contribution in [2.45, 2.75) is 23.9 Å². The molecule has 1 aromatic heterocycles. The zero-order valence-corrected chi connectivity index (χ0v) is 21.1. The molecule has 37 heavy (non-hydrogen) atoms. The number of thioether (sulfide) groups is 1. The minimum atomic E-state index is -0.435. The van der Waals surface area contributed by atoms with E-state index in [-0.39, 0.29) is 5.91 Å². The lowest BCUT2D eigenvalue weighted by molar-refractivity contribution is -0.120. The van der Waals surface area contributed by atoms with E-state index in [0.717, 1.165) is 33.5 Å². The third-order valence-electron chi connectivity index (χ3n) is 5.75. The van der Waals surface area contributed by atoms with Crippen molar-refractivity contribution in [3.63, 3.8) is 0 Å². The summed E-state index contributed by atoms with van der Waals surface area (Å²) in [5.41, 5.74) is 5.50. The van der Waals surface area contributed by atoms with Gasteiger partial charge in [-0.3, -0.25) is 9.36 Å². The van der Waals surface area contributed by atoms with Crippen LogP contribution in [0, 0.1) is 0 Å². The molecular formula is C29H26N6OS. The van der Waals surface area contributed by atoms with Crippen LogP contribution in [-0.2, 0) is 11.3 Å². The second-order valence-corrected chi connectivity index (χ2v) is 9.70. The molecule has 5 rings (SSSR count). The molecule has 0 aliphatic heterocycles. The van der Waals surface area contributed by atoms with Crippen LogP contribution in [0.1, 0.15) is 18.3 Å². The quantitative estimate of drug-likeness (QED) is 0.153. The maximum Gasteiger partial charge on any atom is 0.253 e. The molecule has 1 heterocycles. The highest BCUT2D eigenvalue weighted by Crippen LogP contribution is 2.26. The molecule has 0 radical (unpaired) electrons. The van der Waals surface area contributed by atoms with Gasteiger partial charge in [-0.1, -0.05) is 84.6 Å². The Labute approximate surface area is 219 Å². The van der Waals surface area contributed by atoms with Crippen molar-refractivity contribution in [1.29, 1.82) is 0 Å². The number of hydrazone groups is 1. The summed E-state index contributed by atoms with van der Waals surface area (Å²) in [5, 5.41) is 18.9. The largest absolute Gasteiger partial charge is 0.378 e. The zero-order chi connectivity index (χ0) is 25.5. The molecule has 7 nitrogen and oxygen atoms in total. The monoisotopic (exact) mass is 506 g/mol. The minimum absolute atomic E-state index is 0.214. The van der Waals surface area contributed by atoms with Gasteiger partial charge in [0.15, 0.2) is 11.0 Å². The van der Waals surface area contributed by atoms with Gasteiger partial charge in [0.05, 0.1) is 18.0 Å². The topological polar surface area (TPSA) is 84.2 Å². The molecule has 8 heteroatoms. The highest BCUT2D eigenvalue weighted by atomic mass is 32.2. The summed E-state index contributed by atoms with van der Waals surface area (Å²) in [5.74, 6) is 0.535. The summed E-state index contributed by atoms with van der Waals surface area (Å²) in [6.45, 7) is 2.32. The lowest BCUT2D eigenvalue weighted by atomic mass is 10.1. The first kappa shape index (κ1) is 24.3. The summed E-state index contributed by atoms with van der Waals surface area (Å²) in [4.78, 5) is 12.8. The van der Waals surface area contributed by atoms with Gasteiger partial charge in [-0.25, -0.2) is 5.43 Å². The Morgan fingerprint density at radius 1 is 0.919 bits per heavy atom. The van der Waals surface area contributed by atoms with E-state index < -0.39 is 5.25 Å². The number of amides is 1. The number of hydrogen-bond donors (Lipinski definition) is 2. The van der Waals surface area contributed by atoms with E-state index in [1.807, 2.05) is 102 Å². The van der Waals surface area contributed by atoms with Crippen molar-refractivity contribution in [3.8, 4) is 5.69 Å². The van der Waals surface area contributed by atoms with Crippen molar-refractivity contribution in [2.75, 3.05) is 5.32 Å². The molecule has 0 unspecified atom stereocenters. The van der Waals surface area contributed by atoms with Crippen LogP contribution in [-0.4, -0.2) is 32.1 Å². The number of nitrogens with zero attached hydrogens (tertiary/aromatic N) is 4. The summed E-state index contributed by atoms with van der Waals surface area (Å²) in [6, 6.07) is 34.0. The average Bonchev–Trinajstić information content (AvgIpc) is 3.35. The molecule has 0 saturated heterocycles. The van der Waals surface area contributed by atoms with E-state index in [4.69, 9.17) is 0 Å². The number of carbonyl (C=O) groups is 1. The third kappa shape index (κ3) is 6.05. The maximum atomic E-state index is 12.8. The number of anilines is 1. The number of nitrogens with one attached hydrogen (secondary N) is 2.